The Morgan fingerprint density at radius 2 is 1.95 bits per heavy atom. The van der Waals surface area contributed by atoms with Crippen LogP contribution in [0.25, 0.3) is 0 Å². The van der Waals surface area contributed by atoms with E-state index in [4.69, 9.17) is 0 Å². The molecule has 1 fully saturated rings. The first-order chi connectivity index (χ1) is 9.17. The van der Waals surface area contributed by atoms with Crippen LogP contribution < -0.4 is 5.32 Å². The molecule has 2 rings (SSSR count). The molecule has 0 aromatic carbocycles. The lowest BCUT2D eigenvalue weighted by molar-refractivity contribution is 0.132. The molecule has 0 amide bonds. The topological polar surface area (TPSA) is 31.4 Å². The maximum absolute atomic E-state index is 4.55. The average Bonchev–Trinajstić information content (AvgIpc) is 2.85. The second kappa shape index (κ2) is 7.33. The Balaban J connectivity index is 1.77. The molecule has 0 atom stereocenters. The van der Waals surface area contributed by atoms with Gasteiger partial charge < -0.3 is 10.2 Å². The zero-order chi connectivity index (χ0) is 13.7. The normalized spacial score (nSPS) is 18.3. The van der Waals surface area contributed by atoms with Crippen molar-refractivity contribution in [1.82, 2.24) is 20.1 Å². The standard InChI is InChI=1S/C14H26N4S/c1-4-17-5-7-18(8-6-17)11-14-16-10-13(19-14)9-15-12(2)3/h10,12,15H,4-9,11H2,1-3H3. The van der Waals surface area contributed by atoms with Gasteiger partial charge in [-0.05, 0) is 6.54 Å². The Bertz CT molecular complexity index is 369. The Morgan fingerprint density at radius 3 is 2.58 bits per heavy atom. The molecule has 1 aliphatic rings. The van der Waals surface area contributed by atoms with Crippen LogP contribution in [0.2, 0.25) is 0 Å². The van der Waals surface area contributed by atoms with E-state index in [1.54, 1.807) is 0 Å². The lowest BCUT2D eigenvalue weighted by Gasteiger charge is -2.33. The van der Waals surface area contributed by atoms with Crippen LogP contribution in [0.5, 0.6) is 0 Å². The summed E-state index contributed by atoms with van der Waals surface area (Å²) >= 11 is 1.85. The molecule has 1 aromatic heterocycles. The molecular weight excluding hydrogens is 256 g/mol. The average molecular weight is 282 g/mol. The second-order valence-electron chi connectivity index (χ2n) is 5.47. The van der Waals surface area contributed by atoms with Crippen molar-refractivity contribution in [2.75, 3.05) is 32.7 Å². The van der Waals surface area contributed by atoms with E-state index < -0.39 is 0 Å². The zero-order valence-electron chi connectivity index (χ0n) is 12.4. The van der Waals surface area contributed by atoms with Crippen molar-refractivity contribution >= 4 is 11.3 Å². The van der Waals surface area contributed by atoms with E-state index >= 15 is 0 Å². The van der Waals surface area contributed by atoms with Crippen molar-refractivity contribution in [3.8, 4) is 0 Å². The quantitative estimate of drug-likeness (QED) is 0.862. The summed E-state index contributed by atoms with van der Waals surface area (Å²) in [5.74, 6) is 0. The lowest BCUT2D eigenvalue weighted by atomic mass is 10.3. The van der Waals surface area contributed by atoms with Gasteiger partial charge in [-0.3, -0.25) is 4.90 Å². The summed E-state index contributed by atoms with van der Waals surface area (Å²) in [5, 5.41) is 4.70. The molecule has 1 aromatic rings. The number of aromatic nitrogens is 1. The van der Waals surface area contributed by atoms with Gasteiger partial charge in [0.05, 0.1) is 6.54 Å². The van der Waals surface area contributed by atoms with E-state index in [0.29, 0.717) is 6.04 Å². The van der Waals surface area contributed by atoms with Crippen LogP contribution in [0.4, 0.5) is 0 Å². The molecule has 0 spiro atoms. The molecular formula is C14H26N4S. The zero-order valence-corrected chi connectivity index (χ0v) is 13.2. The third kappa shape index (κ3) is 4.84. The molecule has 5 heteroatoms. The Kier molecular flexibility index (Phi) is 5.76. The van der Waals surface area contributed by atoms with Crippen LogP contribution in [0.15, 0.2) is 6.20 Å². The van der Waals surface area contributed by atoms with Crippen molar-refractivity contribution in [2.45, 2.75) is 39.9 Å². The summed E-state index contributed by atoms with van der Waals surface area (Å²) in [7, 11) is 0. The fourth-order valence-corrected chi connectivity index (χ4v) is 3.18. The van der Waals surface area contributed by atoms with E-state index in [-0.39, 0.29) is 0 Å². The predicted molar refractivity (Wildman–Crippen MR) is 81.5 cm³/mol. The van der Waals surface area contributed by atoms with Gasteiger partial charge in [-0.2, -0.15) is 0 Å². The van der Waals surface area contributed by atoms with E-state index in [9.17, 15) is 0 Å². The Hall–Kier alpha value is -0.490. The second-order valence-corrected chi connectivity index (χ2v) is 6.67. The molecule has 0 bridgehead atoms. The molecule has 1 N–H and O–H groups in total. The highest BCUT2D eigenvalue weighted by molar-refractivity contribution is 7.11. The molecule has 0 saturated carbocycles. The Labute approximate surface area is 120 Å². The van der Waals surface area contributed by atoms with Gasteiger partial charge in [0.2, 0.25) is 0 Å². The van der Waals surface area contributed by atoms with Gasteiger partial charge in [0, 0.05) is 49.8 Å². The van der Waals surface area contributed by atoms with Crippen molar-refractivity contribution in [3.63, 3.8) is 0 Å². The van der Waals surface area contributed by atoms with E-state index in [1.807, 2.05) is 17.5 Å². The third-order valence-corrected chi connectivity index (χ3v) is 4.54. The fourth-order valence-electron chi connectivity index (χ4n) is 2.26. The first-order valence-corrected chi connectivity index (χ1v) is 8.10. The minimum Gasteiger partial charge on any atom is -0.310 e. The van der Waals surface area contributed by atoms with E-state index in [1.165, 1.54) is 42.6 Å². The van der Waals surface area contributed by atoms with Crippen LogP contribution in [-0.2, 0) is 13.1 Å². The Morgan fingerprint density at radius 1 is 1.26 bits per heavy atom. The highest BCUT2D eigenvalue weighted by atomic mass is 32.1. The largest absolute Gasteiger partial charge is 0.310 e. The molecule has 1 aliphatic heterocycles. The third-order valence-electron chi connectivity index (χ3n) is 3.56. The van der Waals surface area contributed by atoms with E-state index in [0.717, 1.165) is 13.1 Å². The van der Waals surface area contributed by atoms with E-state index in [2.05, 4.69) is 40.9 Å². The number of likely N-dealkylation sites (N-methyl/N-ethyl adjacent to an activating group) is 1. The number of rotatable bonds is 6. The summed E-state index contributed by atoms with van der Waals surface area (Å²) in [5.41, 5.74) is 0. The maximum Gasteiger partial charge on any atom is 0.107 e. The molecule has 19 heavy (non-hydrogen) atoms. The number of nitrogens with zero attached hydrogens (tertiary/aromatic N) is 3. The molecule has 0 aliphatic carbocycles. The number of hydrogen-bond donors (Lipinski definition) is 1. The first kappa shape index (κ1) is 14.9. The summed E-state index contributed by atoms with van der Waals surface area (Å²) in [6, 6.07) is 0.535. The molecule has 0 radical (unpaired) electrons. The highest BCUT2D eigenvalue weighted by Crippen LogP contribution is 2.16. The smallest absolute Gasteiger partial charge is 0.107 e. The van der Waals surface area contributed by atoms with Crippen LogP contribution >= 0.6 is 11.3 Å². The van der Waals surface area contributed by atoms with Gasteiger partial charge in [-0.25, -0.2) is 4.98 Å². The van der Waals surface area contributed by atoms with Crippen LogP contribution in [0.1, 0.15) is 30.7 Å². The van der Waals surface area contributed by atoms with Crippen molar-refractivity contribution < 1.29 is 0 Å². The summed E-state index contributed by atoms with van der Waals surface area (Å²) < 4.78 is 0. The van der Waals surface area contributed by atoms with Crippen LogP contribution in [0, 0.1) is 0 Å². The highest BCUT2D eigenvalue weighted by Gasteiger charge is 2.16. The SMILES string of the molecule is CCN1CCN(Cc2ncc(CNC(C)C)s2)CC1. The van der Waals surface area contributed by atoms with Gasteiger partial charge >= 0.3 is 0 Å². The monoisotopic (exact) mass is 282 g/mol. The van der Waals surface area contributed by atoms with Crippen molar-refractivity contribution in [3.05, 3.63) is 16.1 Å². The summed E-state index contributed by atoms with van der Waals surface area (Å²) in [6.45, 7) is 14.5. The van der Waals surface area contributed by atoms with Gasteiger partial charge in [0.25, 0.3) is 0 Å². The lowest BCUT2D eigenvalue weighted by Crippen LogP contribution is -2.45. The minimum absolute atomic E-state index is 0.535. The van der Waals surface area contributed by atoms with Crippen molar-refractivity contribution in [1.29, 1.82) is 0 Å². The number of hydrogen-bond acceptors (Lipinski definition) is 5. The number of nitrogens with one attached hydrogen (secondary N) is 1. The van der Waals surface area contributed by atoms with Crippen LogP contribution in [0.3, 0.4) is 0 Å². The first-order valence-electron chi connectivity index (χ1n) is 7.29. The number of thiazole rings is 1. The molecule has 4 nitrogen and oxygen atoms in total. The van der Waals surface area contributed by atoms with Gasteiger partial charge in [0.1, 0.15) is 5.01 Å². The van der Waals surface area contributed by atoms with Gasteiger partial charge in [-0.15, -0.1) is 11.3 Å². The van der Waals surface area contributed by atoms with Crippen LogP contribution in [-0.4, -0.2) is 53.5 Å². The molecule has 108 valence electrons. The fraction of sp³-hybridized carbons (Fsp3) is 0.786. The summed E-state index contributed by atoms with van der Waals surface area (Å²) in [6.07, 6.45) is 2.03. The maximum atomic E-state index is 4.55. The number of piperazine rings is 1. The molecule has 0 unspecified atom stereocenters. The molecule has 1 saturated heterocycles. The summed E-state index contributed by atoms with van der Waals surface area (Å²) in [4.78, 5) is 10.9. The minimum atomic E-state index is 0.535. The van der Waals surface area contributed by atoms with Crippen molar-refractivity contribution in [2.24, 2.45) is 0 Å². The van der Waals surface area contributed by atoms with Gasteiger partial charge in [-0.1, -0.05) is 20.8 Å². The van der Waals surface area contributed by atoms with Gasteiger partial charge in [0.15, 0.2) is 0 Å². The predicted octanol–water partition coefficient (Wildman–Crippen LogP) is 1.78. The molecule has 2 heterocycles.